The zero-order chi connectivity index (χ0) is 12.3. The van der Waals surface area contributed by atoms with E-state index in [4.69, 9.17) is 0 Å². The molecule has 0 saturated heterocycles. The summed E-state index contributed by atoms with van der Waals surface area (Å²) in [5.41, 5.74) is 2.43. The quantitative estimate of drug-likeness (QED) is 0.752. The van der Waals surface area contributed by atoms with Gasteiger partial charge in [-0.05, 0) is 31.5 Å². The van der Waals surface area contributed by atoms with Crippen molar-refractivity contribution in [1.82, 2.24) is 15.0 Å². The molecular formula is C13H13N3O. The van der Waals surface area contributed by atoms with Gasteiger partial charge in [-0.2, -0.15) is 0 Å². The van der Waals surface area contributed by atoms with Gasteiger partial charge in [-0.3, -0.25) is 9.78 Å². The molecule has 0 aliphatic rings. The fourth-order valence-corrected chi connectivity index (χ4v) is 1.63. The molecule has 2 rings (SSSR count). The number of pyridine rings is 1. The number of hydrogen-bond acceptors (Lipinski definition) is 4. The molecule has 0 spiro atoms. The third-order valence-electron chi connectivity index (χ3n) is 2.52. The van der Waals surface area contributed by atoms with Crippen LogP contribution in [0.15, 0.2) is 30.7 Å². The number of nitrogens with zero attached hydrogens (tertiary/aromatic N) is 3. The fourth-order valence-electron chi connectivity index (χ4n) is 1.63. The number of aryl methyl sites for hydroxylation is 1. The zero-order valence-corrected chi connectivity index (χ0v) is 9.84. The Kier molecular flexibility index (Phi) is 3.23. The van der Waals surface area contributed by atoms with Gasteiger partial charge in [0.15, 0.2) is 5.78 Å². The van der Waals surface area contributed by atoms with Crippen molar-refractivity contribution in [2.45, 2.75) is 20.3 Å². The molecule has 86 valence electrons. The molecule has 0 fully saturated rings. The van der Waals surface area contributed by atoms with Crippen LogP contribution in [0, 0.1) is 6.92 Å². The SMILES string of the molecule is CC(=O)c1cnc(Cc2ccncc2)nc1C. The van der Waals surface area contributed by atoms with Crippen LogP contribution in [-0.4, -0.2) is 20.7 Å². The van der Waals surface area contributed by atoms with E-state index in [0.29, 0.717) is 12.0 Å². The van der Waals surface area contributed by atoms with Gasteiger partial charge in [0, 0.05) is 25.0 Å². The normalized spacial score (nSPS) is 10.2. The molecule has 0 unspecified atom stereocenters. The largest absolute Gasteiger partial charge is 0.294 e. The van der Waals surface area contributed by atoms with Gasteiger partial charge in [0.05, 0.1) is 11.3 Å². The first-order chi connectivity index (χ1) is 8.16. The summed E-state index contributed by atoms with van der Waals surface area (Å²) >= 11 is 0. The first-order valence-electron chi connectivity index (χ1n) is 5.39. The molecule has 2 aromatic heterocycles. The summed E-state index contributed by atoms with van der Waals surface area (Å²) < 4.78 is 0. The number of carbonyl (C=O) groups is 1. The van der Waals surface area contributed by atoms with Crippen molar-refractivity contribution in [1.29, 1.82) is 0 Å². The summed E-state index contributed by atoms with van der Waals surface area (Å²) in [6.07, 6.45) is 5.74. The third kappa shape index (κ3) is 2.72. The van der Waals surface area contributed by atoms with E-state index < -0.39 is 0 Å². The molecule has 2 aromatic rings. The van der Waals surface area contributed by atoms with Crippen molar-refractivity contribution >= 4 is 5.78 Å². The Bertz CT molecular complexity index is 538. The average molecular weight is 227 g/mol. The predicted molar refractivity (Wildman–Crippen MR) is 63.8 cm³/mol. The molecule has 0 radical (unpaired) electrons. The summed E-state index contributed by atoms with van der Waals surface area (Å²) in [6, 6.07) is 3.86. The number of aromatic nitrogens is 3. The molecule has 0 amide bonds. The van der Waals surface area contributed by atoms with Crippen LogP contribution in [-0.2, 0) is 6.42 Å². The topological polar surface area (TPSA) is 55.7 Å². The number of hydrogen-bond donors (Lipinski definition) is 0. The molecule has 0 saturated carbocycles. The lowest BCUT2D eigenvalue weighted by molar-refractivity contribution is 0.101. The van der Waals surface area contributed by atoms with Crippen LogP contribution in [0.4, 0.5) is 0 Å². The average Bonchev–Trinajstić information content (AvgIpc) is 2.30. The Balaban J connectivity index is 2.24. The summed E-state index contributed by atoms with van der Waals surface area (Å²) in [6.45, 7) is 3.35. The van der Waals surface area contributed by atoms with Gasteiger partial charge in [0.1, 0.15) is 5.82 Å². The monoisotopic (exact) mass is 227 g/mol. The highest BCUT2D eigenvalue weighted by Gasteiger charge is 2.07. The minimum absolute atomic E-state index is 0.00189. The lowest BCUT2D eigenvalue weighted by Crippen LogP contribution is -2.05. The van der Waals surface area contributed by atoms with Crippen LogP contribution in [0.3, 0.4) is 0 Å². The maximum Gasteiger partial charge on any atom is 0.163 e. The van der Waals surface area contributed by atoms with Crippen molar-refractivity contribution in [3.05, 3.63) is 53.4 Å². The fraction of sp³-hybridized carbons (Fsp3) is 0.231. The smallest absolute Gasteiger partial charge is 0.163 e. The summed E-state index contributed by atoms with van der Waals surface area (Å²) in [5.74, 6) is 0.719. The van der Waals surface area contributed by atoms with Crippen molar-refractivity contribution in [3.63, 3.8) is 0 Å². The number of rotatable bonds is 3. The van der Waals surface area contributed by atoms with E-state index in [1.165, 1.54) is 6.92 Å². The molecule has 2 heterocycles. The lowest BCUT2D eigenvalue weighted by atomic mass is 10.1. The van der Waals surface area contributed by atoms with Gasteiger partial charge in [-0.1, -0.05) is 0 Å². The highest BCUT2D eigenvalue weighted by Crippen LogP contribution is 2.08. The van der Waals surface area contributed by atoms with E-state index in [2.05, 4.69) is 15.0 Å². The molecule has 0 aromatic carbocycles. The minimum atomic E-state index is -0.00189. The first-order valence-corrected chi connectivity index (χ1v) is 5.39. The lowest BCUT2D eigenvalue weighted by Gasteiger charge is -2.04. The van der Waals surface area contributed by atoms with Crippen LogP contribution in [0.2, 0.25) is 0 Å². The predicted octanol–water partition coefficient (Wildman–Crippen LogP) is 1.97. The molecule has 0 atom stereocenters. The van der Waals surface area contributed by atoms with E-state index in [1.807, 2.05) is 19.1 Å². The van der Waals surface area contributed by atoms with Crippen LogP contribution in [0.1, 0.15) is 34.4 Å². The highest BCUT2D eigenvalue weighted by molar-refractivity contribution is 5.94. The van der Waals surface area contributed by atoms with E-state index in [9.17, 15) is 4.79 Å². The number of ketones is 1. The Morgan fingerprint density at radius 2 is 2.00 bits per heavy atom. The summed E-state index contributed by atoms with van der Waals surface area (Å²) in [4.78, 5) is 23.7. The minimum Gasteiger partial charge on any atom is -0.294 e. The zero-order valence-electron chi connectivity index (χ0n) is 9.84. The maximum absolute atomic E-state index is 11.2. The molecule has 4 nitrogen and oxygen atoms in total. The Labute approximate surface area is 99.8 Å². The van der Waals surface area contributed by atoms with E-state index in [-0.39, 0.29) is 5.78 Å². The molecule has 17 heavy (non-hydrogen) atoms. The van der Waals surface area contributed by atoms with Crippen molar-refractivity contribution in [3.8, 4) is 0 Å². The van der Waals surface area contributed by atoms with Crippen molar-refractivity contribution < 1.29 is 4.79 Å². The van der Waals surface area contributed by atoms with E-state index in [0.717, 1.165) is 17.1 Å². The molecule has 0 bridgehead atoms. The molecule has 0 aliphatic heterocycles. The summed E-state index contributed by atoms with van der Waals surface area (Å²) in [7, 11) is 0. The van der Waals surface area contributed by atoms with Gasteiger partial charge >= 0.3 is 0 Å². The van der Waals surface area contributed by atoms with Gasteiger partial charge in [0.2, 0.25) is 0 Å². The third-order valence-corrected chi connectivity index (χ3v) is 2.52. The number of carbonyl (C=O) groups excluding carboxylic acids is 1. The van der Waals surface area contributed by atoms with Gasteiger partial charge in [0.25, 0.3) is 0 Å². The van der Waals surface area contributed by atoms with E-state index in [1.54, 1.807) is 18.6 Å². The Morgan fingerprint density at radius 1 is 1.29 bits per heavy atom. The molecule has 0 aliphatic carbocycles. The van der Waals surface area contributed by atoms with Crippen molar-refractivity contribution in [2.75, 3.05) is 0 Å². The Hall–Kier alpha value is -2.10. The van der Waals surface area contributed by atoms with Crippen LogP contribution in [0.25, 0.3) is 0 Å². The first kappa shape index (κ1) is 11.4. The number of Topliss-reactive ketones (excluding diaryl/α,β-unsaturated/α-hetero) is 1. The van der Waals surface area contributed by atoms with Crippen LogP contribution in [0.5, 0.6) is 0 Å². The van der Waals surface area contributed by atoms with Gasteiger partial charge in [-0.25, -0.2) is 9.97 Å². The van der Waals surface area contributed by atoms with Crippen LogP contribution >= 0.6 is 0 Å². The Morgan fingerprint density at radius 3 is 2.59 bits per heavy atom. The second kappa shape index (κ2) is 4.82. The standard InChI is InChI=1S/C13H13N3O/c1-9-12(10(2)17)8-15-13(16-9)7-11-3-5-14-6-4-11/h3-6,8H,7H2,1-2H3. The second-order valence-electron chi connectivity index (χ2n) is 3.87. The second-order valence-corrected chi connectivity index (χ2v) is 3.87. The van der Waals surface area contributed by atoms with E-state index >= 15 is 0 Å². The van der Waals surface area contributed by atoms with Crippen LogP contribution < -0.4 is 0 Å². The highest BCUT2D eigenvalue weighted by atomic mass is 16.1. The van der Waals surface area contributed by atoms with Crippen molar-refractivity contribution in [2.24, 2.45) is 0 Å². The molecule has 0 N–H and O–H groups in total. The molecular weight excluding hydrogens is 214 g/mol. The summed E-state index contributed by atoms with van der Waals surface area (Å²) in [5, 5.41) is 0. The maximum atomic E-state index is 11.2. The van der Waals surface area contributed by atoms with Gasteiger partial charge in [-0.15, -0.1) is 0 Å². The molecule has 4 heteroatoms. The van der Waals surface area contributed by atoms with Gasteiger partial charge < -0.3 is 0 Å².